The number of benzene rings is 2. The Morgan fingerprint density at radius 3 is 1.67 bits per heavy atom. The normalized spacial score (nSPS) is 12.6. The molecule has 0 saturated carbocycles. The van der Waals surface area contributed by atoms with E-state index >= 15 is 0 Å². The van der Waals surface area contributed by atoms with Crippen LogP contribution in [-0.2, 0) is 23.1 Å². The smallest absolute Gasteiger partial charge is 0.217 e. The van der Waals surface area contributed by atoms with Crippen LogP contribution in [0.2, 0.25) is 0 Å². The van der Waals surface area contributed by atoms with Gasteiger partial charge in [0.05, 0.1) is 19.5 Å². The summed E-state index contributed by atoms with van der Waals surface area (Å²) in [4.78, 5) is 0. The van der Waals surface area contributed by atoms with Crippen LogP contribution < -0.4 is 9.47 Å². The fourth-order valence-electron chi connectivity index (χ4n) is 2.72. The van der Waals surface area contributed by atoms with Crippen LogP contribution in [-0.4, -0.2) is 32.2 Å². The third-order valence-corrected chi connectivity index (χ3v) is 6.59. The number of sulfonamides is 1. The highest BCUT2D eigenvalue weighted by Gasteiger charge is 2.28. The maximum atomic E-state index is 13.1. The molecule has 0 amide bonds. The van der Waals surface area contributed by atoms with Gasteiger partial charge in [0, 0.05) is 13.1 Å². The van der Waals surface area contributed by atoms with Crippen molar-refractivity contribution in [3.63, 3.8) is 0 Å². The number of nitrogens with zero attached hydrogens (tertiary/aromatic N) is 1. The number of hydrogen-bond acceptors (Lipinski definition) is 4. The van der Waals surface area contributed by atoms with Crippen LogP contribution in [0.15, 0.2) is 61.2 Å². The summed E-state index contributed by atoms with van der Waals surface area (Å²) in [5.74, 6) is 1.48. The zero-order valence-corrected chi connectivity index (χ0v) is 16.9. The zero-order valence-electron chi connectivity index (χ0n) is 16.1. The van der Waals surface area contributed by atoms with Crippen molar-refractivity contribution in [3.05, 3.63) is 72.3 Å². The maximum Gasteiger partial charge on any atom is 0.217 e. The molecule has 1 unspecified atom stereocenters. The molecule has 0 spiro atoms. The van der Waals surface area contributed by atoms with Gasteiger partial charge in [0.2, 0.25) is 10.0 Å². The largest absolute Gasteiger partial charge is 0.497 e. The Labute approximate surface area is 162 Å². The molecule has 27 heavy (non-hydrogen) atoms. The Bertz CT molecular complexity index is 780. The van der Waals surface area contributed by atoms with Gasteiger partial charge in [-0.1, -0.05) is 30.3 Å². The first-order valence-corrected chi connectivity index (χ1v) is 10.3. The van der Waals surface area contributed by atoms with Crippen LogP contribution in [0.1, 0.15) is 24.5 Å². The summed E-state index contributed by atoms with van der Waals surface area (Å²) in [6, 6.07) is 14.9. The van der Waals surface area contributed by atoms with Gasteiger partial charge in [0.25, 0.3) is 0 Å². The number of rotatable bonds is 10. The highest BCUT2D eigenvalue weighted by atomic mass is 32.2. The first-order valence-electron chi connectivity index (χ1n) is 8.76. The van der Waals surface area contributed by atoms with Crippen molar-refractivity contribution >= 4 is 10.0 Å². The van der Waals surface area contributed by atoms with E-state index < -0.39 is 15.3 Å². The molecule has 2 aromatic carbocycles. The van der Waals surface area contributed by atoms with Gasteiger partial charge >= 0.3 is 0 Å². The van der Waals surface area contributed by atoms with Crippen molar-refractivity contribution < 1.29 is 17.9 Å². The van der Waals surface area contributed by atoms with Gasteiger partial charge in [-0.15, -0.1) is 6.58 Å². The number of methoxy groups -OCH3 is 2. The van der Waals surface area contributed by atoms with E-state index in [-0.39, 0.29) is 0 Å². The second-order valence-electron chi connectivity index (χ2n) is 6.34. The van der Waals surface area contributed by atoms with E-state index in [1.165, 1.54) is 4.31 Å². The molecule has 0 bridgehead atoms. The van der Waals surface area contributed by atoms with Gasteiger partial charge in [-0.2, -0.15) is 4.31 Å². The van der Waals surface area contributed by atoms with Gasteiger partial charge < -0.3 is 9.47 Å². The Morgan fingerprint density at radius 2 is 1.33 bits per heavy atom. The van der Waals surface area contributed by atoms with Crippen molar-refractivity contribution in [2.24, 2.45) is 0 Å². The highest BCUT2D eigenvalue weighted by Crippen LogP contribution is 2.22. The molecule has 0 aliphatic heterocycles. The molecule has 2 aromatic rings. The topological polar surface area (TPSA) is 55.8 Å². The molecule has 0 heterocycles. The lowest BCUT2D eigenvalue weighted by molar-refractivity contribution is 0.392. The summed E-state index contributed by atoms with van der Waals surface area (Å²) >= 11 is 0. The lowest BCUT2D eigenvalue weighted by Crippen LogP contribution is -2.36. The Balaban J connectivity index is 2.29. The minimum atomic E-state index is -3.49. The van der Waals surface area contributed by atoms with E-state index in [2.05, 4.69) is 6.58 Å². The van der Waals surface area contributed by atoms with Crippen molar-refractivity contribution in [2.45, 2.75) is 31.7 Å². The molecule has 0 aliphatic carbocycles. The van der Waals surface area contributed by atoms with Crippen molar-refractivity contribution in [2.75, 3.05) is 14.2 Å². The summed E-state index contributed by atoms with van der Waals surface area (Å²) in [6.45, 7) is 5.97. The van der Waals surface area contributed by atoms with Gasteiger partial charge in [0.15, 0.2) is 0 Å². The van der Waals surface area contributed by atoms with Crippen molar-refractivity contribution in [3.8, 4) is 11.5 Å². The second kappa shape index (κ2) is 9.58. The molecule has 2 rings (SSSR count). The van der Waals surface area contributed by atoms with Crippen LogP contribution in [0.4, 0.5) is 0 Å². The van der Waals surface area contributed by atoms with Gasteiger partial charge in [-0.3, -0.25) is 0 Å². The van der Waals surface area contributed by atoms with Crippen LogP contribution in [0, 0.1) is 0 Å². The predicted octanol–water partition coefficient (Wildman–Crippen LogP) is 4.00. The first kappa shape index (κ1) is 21.0. The Morgan fingerprint density at radius 1 is 0.926 bits per heavy atom. The predicted molar refractivity (Wildman–Crippen MR) is 108 cm³/mol. The van der Waals surface area contributed by atoms with E-state index in [1.54, 1.807) is 27.2 Å². The minimum Gasteiger partial charge on any atom is -0.497 e. The lowest BCUT2D eigenvalue weighted by Gasteiger charge is -2.26. The molecular formula is C21H27NO4S. The molecule has 6 heteroatoms. The molecule has 0 aromatic heterocycles. The van der Waals surface area contributed by atoms with E-state index in [9.17, 15) is 8.42 Å². The molecule has 146 valence electrons. The van der Waals surface area contributed by atoms with Crippen molar-refractivity contribution in [1.82, 2.24) is 4.31 Å². The lowest BCUT2D eigenvalue weighted by atomic mass is 10.2. The van der Waals surface area contributed by atoms with Crippen LogP contribution in [0.3, 0.4) is 0 Å². The summed E-state index contributed by atoms with van der Waals surface area (Å²) in [6.07, 6.45) is 2.05. The van der Waals surface area contributed by atoms with E-state index in [1.807, 2.05) is 48.5 Å². The highest BCUT2D eigenvalue weighted by molar-refractivity contribution is 7.89. The number of ether oxygens (including phenoxy) is 2. The van der Waals surface area contributed by atoms with E-state index in [4.69, 9.17) is 9.47 Å². The summed E-state index contributed by atoms with van der Waals surface area (Å²) in [7, 11) is -0.284. The van der Waals surface area contributed by atoms with Crippen LogP contribution in [0.25, 0.3) is 0 Å². The average Bonchev–Trinajstić information content (AvgIpc) is 2.68. The summed E-state index contributed by atoms with van der Waals surface area (Å²) < 4.78 is 38.1. The molecular weight excluding hydrogens is 362 g/mol. The minimum absolute atomic E-state index is 0.292. The van der Waals surface area contributed by atoms with Gasteiger partial charge in [-0.05, 0) is 48.7 Å². The van der Waals surface area contributed by atoms with Gasteiger partial charge in [0.1, 0.15) is 11.5 Å². The van der Waals surface area contributed by atoms with Crippen molar-refractivity contribution in [1.29, 1.82) is 0 Å². The third kappa shape index (κ3) is 5.58. The monoisotopic (exact) mass is 389 g/mol. The third-order valence-electron chi connectivity index (χ3n) is 4.40. The molecule has 0 N–H and O–H groups in total. The second-order valence-corrected chi connectivity index (χ2v) is 8.70. The first-order chi connectivity index (χ1) is 12.9. The number of hydrogen-bond donors (Lipinski definition) is 0. The zero-order chi connectivity index (χ0) is 19.9. The maximum absolute atomic E-state index is 13.1. The quantitative estimate of drug-likeness (QED) is 0.576. The Hall–Kier alpha value is -2.31. The number of allylic oxidation sites excluding steroid dienone is 1. The van der Waals surface area contributed by atoms with Crippen LogP contribution >= 0.6 is 0 Å². The SMILES string of the molecule is C=CCC(C)S(=O)(=O)N(Cc1ccc(OC)cc1)Cc1ccc(OC)cc1. The molecule has 0 saturated heterocycles. The molecule has 1 atom stereocenters. The van der Waals surface area contributed by atoms with E-state index in [0.29, 0.717) is 19.5 Å². The molecule has 0 aliphatic rings. The van der Waals surface area contributed by atoms with E-state index in [0.717, 1.165) is 22.6 Å². The standard InChI is InChI=1S/C21H27NO4S/c1-5-6-17(2)27(23,24)22(15-18-7-11-20(25-3)12-8-18)16-19-9-13-21(26-4)14-10-19/h5,7-14,17H,1,6,15-16H2,2-4H3. The molecule has 5 nitrogen and oxygen atoms in total. The van der Waals surface area contributed by atoms with Crippen LogP contribution in [0.5, 0.6) is 11.5 Å². The Kier molecular flexibility index (Phi) is 7.45. The average molecular weight is 390 g/mol. The fraction of sp³-hybridized carbons (Fsp3) is 0.333. The summed E-state index contributed by atoms with van der Waals surface area (Å²) in [5, 5.41) is -0.536. The molecule has 0 radical (unpaired) electrons. The van der Waals surface area contributed by atoms with Gasteiger partial charge in [-0.25, -0.2) is 8.42 Å². The fourth-order valence-corrected chi connectivity index (χ4v) is 4.26. The summed E-state index contributed by atoms with van der Waals surface area (Å²) in [5.41, 5.74) is 1.80. The molecule has 0 fully saturated rings.